The van der Waals surface area contributed by atoms with Gasteiger partial charge in [-0.1, -0.05) is 0 Å². The summed E-state index contributed by atoms with van der Waals surface area (Å²) in [6.45, 7) is 3.84. The number of methoxy groups -OCH3 is 1. The molecule has 7 nitrogen and oxygen atoms in total. The number of fused-ring (bicyclic) bond motifs is 3. The summed E-state index contributed by atoms with van der Waals surface area (Å²) in [7, 11) is 1.67. The van der Waals surface area contributed by atoms with Gasteiger partial charge in [0.05, 0.1) is 25.3 Å². The van der Waals surface area contributed by atoms with Gasteiger partial charge in [0.2, 0.25) is 0 Å². The van der Waals surface area contributed by atoms with Crippen LogP contribution in [0.4, 0.5) is 0 Å². The number of pyridine rings is 1. The number of benzene rings is 1. The van der Waals surface area contributed by atoms with E-state index in [-0.39, 0.29) is 18.1 Å². The van der Waals surface area contributed by atoms with E-state index < -0.39 is 0 Å². The highest BCUT2D eigenvalue weighted by Gasteiger charge is 2.38. The van der Waals surface area contributed by atoms with Gasteiger partial charge in [0.15, 0.2) is 0 Å². The molecule has 2 aromatic rings. The number of carbonyl (C=O) groups is 1. The lowest BCUT2D eigenvalue weighted by Gasteiger charge is -2.44. The van der Waals surface area contributed by atoms with Gasteiger partial charge in [0.1, 0.15) is 24.2 Å². The number of unbranched alkanes of at least 4 members (excludes halogenated alkanes) is 1. The maximum atomic E-state index is 12.1. The van der Waals surface area contributed by atoms with Crippen LogP contribution in [0.3, 0.4) is 0 Å². The number of morpholine rings is 1. The van der Waals surface area contributed by atoms with Crippen LogP contribution in [-0.4, -0.2) is 61.8 Å². The number of amides is 1. The van der Waals surface area contributed by atoms with Gasteiger partial charge in [-0.2, -0.15) is 0 Å². The van der Waals surface area contributed by atoms with Crippen molar-refractivity contribution in [2.45, 2.75) is 25.0 Å². The molecule has 0 spiro atoms. The Kier molecular flexibility index (Phi) is 6.27. The number of hydrogen-bond acceptors (Lipinski definition) is 6. The highest BCUT2D eigenvalue weighted by molar-refractivity contribution is 5.93. The number of aromatic nitrogens is 1. The average Bonchev–Trinajstić information content (AvgIpc) is 2.78. The molecule has 1 fully saturated rings. The second-order valence-corrected chi connectivity index (χ2v) is 7.31. The summed E-state index contributed by atoms with van der Waals surface area (Å²) in [5.41, 5.74) is 1.66. The van der Waals surface area contributed by atoms with E-state index >= 15 is 0 Å². The van der Waals surface area contributed by atoms with Gasteiger partial charge >= 0.3 is 0 Å². The van der Waals surface area contributed by atoms with Crippen molar-refractivity contribution in [2.75, 3.05) is 40.0 Å². The molecule has 0 unspecified atom stereocenters. The third-order valence-corrected chi connectivity index (χ3v) is 5.51. The van der Waals surface area contributed by atoms with Crippen molar-refractivity contribution in [3.05, 3.63) is 53.9 Å². The fraction of sp³-hybridized carbons (Fsp3) is 0.455. The molecule has 2 aliphatic heterocycles. The van der Waals surface area contributed by atoms with Crippen LogP contribution in [-0.2, 0) is 4.74 Å². The molecule has 7 heteroatoms. The van der Waals surface area contributed by atoms with Gasteiger partial charge in [-0.15, -0.1) is 0 Å². The molecule has 3 heterocycles. The Bertz CT molecular complexity index is 830. The van der Waals surface area contributed by atoms with Gasteiger partial charge in [0.25, 0.3) is 5.91 Å². The smallest absolute Gasteiger partial charge is 0.252 e. The Labute approximate surface area is 171 Å². The summed E-state index contributed by atoms with van der Waals surface area (Å²) < 4.78 is 17.5. The number of nitrogens with one attached hydrogen (secondary N) is 1. The minimum absolute atomic E-state index is 0.00730. The molecule has 154 valence electrons. The van der Waals surface area contributed by atoms with E-state index in [4.69, 9.17) is 14.2 Å². The van der Waals surface area contributed by atoms with E-state index in [0.717, 1.165) is 43.0 Å². The number of nitrogens with zero attached hydrogens (tertiary/aromatic N) is 2. The average molecular weight is 397 g/mol. The lowest BCUT2D eigenvalue weighted by molar-refractivity contribution is -0.0960. The number of carbonyl (C=O) groups excluding carboxylic acids is 1. The quantitative estimate of drug-likeness (QED) is 0.724. The Morgan fingerprint density at radius 1 is 1.34 bits per heavy atom. The van der Waals surface area contributed by atoms with Crippen molar-refractivity contribution in [2.24, 2.45) is 0 Å². The van der Waals surface area contributed by atoms with E-state index in [1.165, 1.54) is 0 Å². The summed E-state index contributed by atoms with van der Waals surface area (Å²) in [5.74, 6) is 1.63. The molecule has 0 saturated carbocycles. The molecular formula is C22H27N3O4. The van der Waals surface area contributed by atoms with Crippen LogP contribution < -0.4 is 14.8 Å². The lowest BCUT2D eigenvalue weighted by Crippen LogP contribution is -2.52. The van der Waals surface area contributed by atoms with Crippen molar-refractivity contribution < 1.29 is 19.0 Å². The maximum absolute atomic E-state index is 12.1. The van der Waals surface area contributed by atoms with Crippen molar-refractivity contribution in [1.82, 2.24) is 15.2 Å². The third kappa shape index (κ3) is 4.52. The molecule has 2 aliphatic rings. The number of ether oxygens (including phenoxy) is 3. The Hall–Kier alpha value is -2.64. The Morgan fingerprint density at radius 2 is 2.28 bits per heavy atom. The molecule has 1 aromatic carbocycles. The van der Waals surface area contributed by atoms with Crippen molar-refractivity contribution in [1.29, 1.82) is 0 Å². The fourth-order valence-corrected chi connectivity index (χ4v) is 3.96. The van der Waals surface area contributed by atoms with E-state index in [0.29, 0.717) is 25.3 Å². The zero-order chi connectivity index (χ0) is 20.1. The molecule has 0 radical (unpaired) electrons. The third-order valence-electron chi connectivity index (χ3n) is 5.51. The second kappa shape index (κ2) is 9.24. The summed E-state index contributed by atoms with van der Waals surface area (Å²) in [5, 5.41) is 2.96. The van der Waals surface area contributed by atoms with Crippen molar-refractivity contribution in [3.8, 4) is 11.5 Å². The molecule has 2 atom stereocenters. The summed E-state index contributed by atoms with van der Waals surface area (Å²) in [4.78, 5) is 18.5. The van der Waals surface area contributed by atoms with E-state index in [1.807, 2.05) is 18.2 Å². The van der Waals surface area contributed by atoms with Crippen LogP contribution in [0.15, 0.2) is 42.7 Å². The van der Waals surface area contributed by atoms with Crippen LogP contribution in [0.1, 0.15) is 34.9 Å². The summed E-state index contributed by atoms with van der Waals surface area (Å²) >= 11 is 0. The Balaban J connectivity index is 1.27. The number of hydrogen-bond donors (Lipinski definition) is 1. The van der Waals surface area contributed by atoms with Crippen molar-refractivity contribution in [3.63, 3.8) is 0 Å². The summed E-state index contributed by atoms with van der Waals surface area (Å²) in [6, 6.07) is 9.63. The summed E-state index contributed by atoms with van der Waals surface area (Å²) in [6.07, 6.45) is 5.18. The first-order valence-corrected chi connectivity index (χ1v) is 10.1. The van der Waals surface area contributed by atoms with Crippen LogP contribution >= 0.6 is 0 Å². The predicted molar refractivity (Wildman–Crippen MR) is 108 cm³/mol. The van der Waals surface area contributed by atoms with Crippen LogP contribution in [0, 0.1) is 0 Å². The zero-order valence-electron chi connectivity index (χ0n) is 16.7. The molecule has 1 amide bonds. The minimum Gasteiger partial charge on any atom is -0.497 e. The first-order valence-electron chi connectivity index (χ1n) is 10.1. The SMILES string of the molecule is COc1ccc2c(c1)[C@H]1OCCN(CCCCNC(=O)c3cccnc3)[C@@H]1CO2. The molecule has 4 rings (SSSR count). The largest absolute Gasteiger partial charge is 0.497 e. The molecule has 0 aliphatic carbocycles. The number of rotatable bonds is 7. The van der Waals surface area contributed by atoms with Gasteiger partial charge < -0.3 is 19.5 Å². The zero-order valence-corrected chi connectivity index (χ0v) is 16.7. The van der Waals surface area contributed by atoms with E-state index in [1.54, 1.807) is 31.6 Å². The first kappa shape index (κ1) is 19.7. The predicted octanol–water partition coefficient (Wildman–Crippen LogP) is 2.43. The highest BCUT2D eigenvalue weighted by Crippen LogP contribution is 2.40. The molecule has 1 aromatic heterocycles. The minimum atomic E-state index is -0.0734. The second-order valence-electron chi connectivity index (χ2n) is 7.31. The fourth-order valence-electron chi connectivity index (χ4n) is 3.96. The topological polar surface area (TPSA) is 72.9 Å². The Morgan fingerprint density at radius 3 is 3.10 bits per heavy atom. The van der Waals surface area contributed by atoms with Gasteiger partial charge in [0, 0.05) is 31.0 Å². The highest BCUT2D eigenvalue weighted by atomic mass is 16.5. The van der Waals surface area contributed by atoms with Crippen LogP contribution in [0.25, 0.3) is 0 Å². The molecular weight excluding hydrogens is 370 g/mol. The van der Waals surface area contributed by atoms with E-state index in [2.05, 4.69) is 15.2 Å². The van der Waals surface area contributed by atoms with Crippen LogP contribution in [0.5, 0.6) is 11.5 Å². The molecule has 0 bridgehead atoms. The maximum Gasteiger partial charge on any atom is 0.252 e. The lowest BCUT2D eigenvalue weighted by atomic mass is 9.96. The van der Waals surface area contributed by atoms with Crippen LogP contribution in [0.2, 0.25) is 0 Å². The van der Waals surface area contributed by atoms with Gasteiger partial charge in [-0.3, -0.25) is 14.7 Å². The van der Waals surface area contributed by atoms with Gasteiger partial charge in [-0.05, 0) is 49.7 Å². The monoisotopic (exact) mass is 397 g/mol. The van der Waals surface area contributed by atoms with E-state index in [9.17, 15) is 4.79 Å². The van der Waals surface area contributed by atoms with Gasteiger partial charge in [-0.25, -0.2) is 0 Å². The molecule has 1 N–H and O–H groups in total. The standard InChI is InChI=1S/C22H27N3O4/c1-27-17-6-7-20-18(13-17)21-19(15-29-20)25(11-12-28-21)10-3-2-9-24-22(26)16-5-4-8-23-14-16/h4-8,13-14,19,21H,2-3,9-12,15H2,1H3,(H,24,26)/t19-,21-/m1/s1. The van der Waals surface area contributed by atoms with Crippen molar-refractivity contribution >= 4 is 5.91 Å². The molecule has 29 heavy (non-hydrogen) atoms. The molecule has 1 saturated heterocycles. The first-order chi connectivity index (χ1) is 14.3. The normalized spacial score (nSPS) is 20.9.